The molecule has 0 aromatic heterocycles. The molecular formula is C30H46N2O2. The average molecular weight is 467 g/mol. The van der Waals surface area contributed by atoms with E-state index in [2.05, 4.69) is 68.7 Å². The summed E-state index contributed by atoms with van der Waals surface area (Å²) in [6.45, 7) is 9.74. The lowest BCUT2D eigenvalue weighted by molar-refractivity contribution is -0.124. The number of benzene rings is 2. The standard InChI is InChI=1S/C30H46N2O2/c1-5-6-11-24(4)22-31-29(21-26-16-18-28(33)19-17-26)30(34)32-27(20-23(2)3)15-10-14-25-12-8-7-9-13-25/h7-9,12-13,16-19,23-24,27,29,31,33H,5-6,10-11,14-15,20-22H2,1-4H3,(H,32,34)/t24-,27+,29-/m0/s1. The lowest BCUT2D eigenvalue weighted by Gasteiger charge is -2.26. The van der Waals surface area contributed by atoms with E-state index in [9.17, 15) is 9.90 Å². The third-order valence-corrected chi connectivity index (χ3v) is 6.42. The maximum atomic E-state index is 13.4. The molecule has 3 atom stereocenters. The van der Waals surface area contributed by atoms with Gasteiger partial charge in [0.05, 0.1) is 6.04 Å². The summed E-state index contributed by atoms with van der Waals surface area (Å²) < 4.78 is 0. The molecule has 188 valence electrons. The van der Waals surface area contributed by atoms with Crippen molar-refractivity contribution in [1.29, 1.82) is 0 Å². The topological polar surface area (TPSA) is 61.4 Å². The molecule has 0 spiro atoms. The molecule has 1 amide bonds. The first-order valence-electron chi connectivity index (χ1n) is 13.2. The van der Waals surface area contributed by atoms with Crippen molar-refractivity contribution in [3.05, 3.63) is 65.7 Å². The average Bonchev–Trinajstić information content (AvgIpc) is 2.81. The molecule has 0 bridgehead atoms. The molecule has 0 aliphatic heterocycles. The molecule has 34 heavy (non-hydrogen) atoms. The van der Waals surface area contributed by atoms with Crippen molar-refractivity contribution in [3.63, 3.8) is 0 Å². The van der Waals surface area contributed by atoms with Crippen molar-refractivity contribution in [2.24, 2.45) is 11.8 Å². The molecule has 0 fully saturated rings. The summed E-state index contributed by atoms with van der Waals surface area (Å²) in [6, 6.07) is 17.7. The Morgan fingerprint density at radius 2 is 1.62 bits per heavy atom. The summed E-state index contributed by atoms with van der Waals surface area (Å²) in [5.74, 6) is 1.40. The van der Waals surface area contributed by atoms with Crippen LogP contribution in [0.1, 0.15) is 77.3 Å². The number of phenolic OH excluding ortho intramolecular Hbond substituents is 1. The van der Waals surface area contributed by atoms with Gasteiger partial charge in [-0.25, -0.2) is 0 Å². The van der Waals surface area contributed by atoms with E-state index in [0.29, 0.717) is 18.3 Å². The van der Waals surface area contributed by atoms with Crippen LogP contribution >= 0.6 is 0 Å². The van der Waals surface area contributed by atoms with Gasteiger partial charge in [0.2, 0.25) is 5.91 Å². The summed E-state index contributed by atoms with van der Waals surface area (Å²) in [7, 11) is 0. The quantitative estimate of drug-likeness (QED) is 0.273. The van der Waals surface area contributed by atoms with Crippen LogP contribution in [-0.2, 0) is 17.6 Å². The smallest absolute Gasteiger partial charge is 0.237 e. The molecule has 0 heterocycles. The molecule has 0 aliphatic rings. The number of phenols is 1. The number of amides is 1. The fourth-order valence-electron chi connectivity index (χ4n) is 4.44. The number of aryl methyl sites for hydroxylation is 1. The van der Waals surface area contributed by atoms with E-state index in [1.807, 2.05) is 12.1 Å². The second kappa shape index (κ2) is 15.5. The molecule has 0 unspecified atom stereocenters. The Bertz CT molecular complexity index is 804. The van der Waals surface area contributed by atoms with E-state index in [-0.39, 0.29) is 23.7 Å². The SMILES string of the molecule is CCCC[C@H](C)CN[C@@H](Cc1ccc(O)cc1)C(=O)N[C@H](CCCc1ccccc1)CC(C)C. The second-order valence-corrected chi connectivity index (χ2v) is 10.3. The number of aromatic hydroxyl groups is 1. The van der Waals surface area contributed by atoms with Gasteiger partial charge < -0.3 is 15.7 Å². The van der Waals surface area contributed by atoms with Gasteiger partial charge >= 0.3 is 0 Å². The lowest BCUT2D eigenvalue weighted by atomic mass is 9.96. The highest BCUT2D eigenvalue weighted by atomic mass is 16.3. The van der Waals surface area contributed by atoms with E-state index in [1.165, 1.54) is 24.8 Å². The van der Waals surface area contributed by atoms with Crippen molar-refractivity contribution in [2.45, 2.75) is 91.1 Å². The van der Waals surface area contributed by atoms with E-state index in [0.717, 1.165) is 37.8 Å². The Kier molecular flexibility index (Phi) is 12.8. The molecule has 2 aromatic rings. The zero-order chi connectivity index (χ0) is 24.8. The summed E-state index contributed by atoms with van der Waals surface area (Å²) in [5.41, 5.74) is 2.40. The fourth-order valence-corrected chi connectivity index (χ4v) is 4.44. The Balaban J connectivity index is 2.01. The minimum Gasteiger partial charge on any atom is -0.508 e. The highest BCUT2D eigenvalue weighted by molar-refractivity contribution is 5.82. The van der Waals surface area contributed by atoms with E-state index >= 15 is 0 Å². The van der Waals surface area contributed by atoms with Crippen LogP contribution in [-0.4, -0.2) is 29.6 Å². The van der Waals surface area contributed by atoms with E-state index < -0.39 is 0 Å². The van der Waals surface area contributed by atoms with Crippen molar-refractivity contribution in [1.82, 2.24) is 10.6 Å². The van der Waals surface area contributed by atoms with Gasteiger partial charge in [-0.15, -0.1) is 0 Å². The van der Waals surface area contributed by atoms with Crippen molar-refractivity contribution in [2.75, 3.05) is 6.54 Å². The molecule has 0 radical (unpaired) electrons. The Morgan fingerprint density at radius 1 is 0.912 bits per heavy atom. The van der Waals surface area contributed by atoms with Gasteiger partial charge in [0.25, 0.3) is 0 Å². The highest BCUT2D eigenvalue weighted by Crippen LogP contribution is 2.15. The van der Waals surface area contributed by atoms with Crippen LogP contribution in [0.15, 0.2) is 54.6 Å². The lowest BCUT2D eigenvalue weighted by Crippen LogP contribution is -2.50. The monoisotopic (exact) mass is 466 g/mol. The minimum absolute atomic E-state index is 0.0844. The number of hydrogen-bond donors (Lipinski definition) is 3. The van der Waals surface area contributed by atoms with Gasteiger partial charge in [-0.05, 0) is 80.2 Å². The third kappa shape index (κ3) is 11.2. The summed E-state index contributed by atoms with van der Waals surface area (Å²) in [5, 5.41) is 16.6. The molecule has 3 N–H and O–H groups in total. The molecule has 0 saturated heterocycles. The Morgan fingerprint density at radius 3 is 2.26 bits per heavy atom. The predicted molar refractivity (Wildman–Crippen MR) is 143 cm³/mol. The van der Waals surface area contributed by atoms with Gasteiger partial charge in [0.15, 0.2) is 0 Å². The summed E-state index contributed by atoms with van der Waals surface area (Å²) in [4.78, 5) is 13.4. The van der Waals surface area contributed by atoms with Crippen LogP contribution in [0.4, 0.5) is 0 Å². The first-order chi connectivity index (χ1) is 16.4. The largest absolute Gasteiger partial charge is 0.508 e. The third-order valence-electron chi connectivity index (χ3n) is 6.42. The first kappa shape index (κ1) is 27.9. The molecule has 4 nitrogen and oxygen atoms in total. The van der Waals surface area contributed by atoms with Crippen LogP contribution in [0.2, 0.25) is 0 Å². The second-order valence-electron chi connectivity index (χ2n) is 10.3. The van der Waals surface area contributed by atoms with Crippen molar-refractivity contribution in [3.8, 4) is 5.75 Å². The van der Waals surface area contributed by atoms with Gasteiger partial charge in [-0.3, -0.25) is 4.79 Å². The van der Waals surface area contributed by atoms with Crippen molar-refractivity contribution < 1.29 is 9.90 Å². The molecule has 2 aromatic carbocycles. The molecular weight excluding hydrogens is 420 g/mol. The van der Waals surface area contributed by atoms with Crippen LogP contribution in [0, 0.1) is 11.8 Å². The normalized spacial score (nSPS) is 14.0. The zero-order valence-corrected chi connectivity index (χ0v) is 21.7. The van der Waals surface area contributed by atoms with Gasteiger partial charge in [-0.1, -0.05) is 83.0 Å². The van der Waals surface area contributed by atoms with Crippen LogP contribution in [0.25, 0.3) is 0 Å². The molecule has 0 aliphatic carbocycles. The zero-order valence-electron chi connectivity index (χ0n) is 21.7. The predicted octanol–water partition coefficient (Wildman–Crippen LogP) is 6.27. The number of rotatable bonds is 16. The van der Waals surface area contributed by atoms with Crippen LogP contribution < -0.4 is 10.6 Å². The van der Waals surface area contributed by atoms with E-state index in [4.69, 9.17) is 0 Å². The van der Waals surface area contributed by atoms with Gasteiger partial charge in [0.1, 0.15) is 5.75 Å². The first-order valence-corrected chi connectivity index (χ1v) is 13.2. The highest BCUT2D eigenvalue weighted by Gasteiger charge is 2.23. The number of nitrogens with one attached hydrogen (secondary N) is 2. The van der Waals surface area contributed by atoms with Gasteiger partial charge in [-0.2, -0.15) is 0 Å². The molecule has 4 heteroatoms. The fraction of sp³-hybridized carbons (Fsp3) is 0.567. The summed E-state index contributed by atoms with van der Waals surface area (Å²) in [6.07, 6.45) is 8.27. The van der Waals surface area contributed by atoms with E-state index in [1.54, 1.807) is 12.1 Å². The Hall–Kier alpha value is -2.33. The van der Waals surface area contributed by atoms with Crippen LogP contribution in [0.5, 0.6) is 5.75 Å². The van der Waals surface area contributed by atoms with Crippen LogP contribution in [0.3, 0.4) is 0 Å². The molecule has 2 rings (SSSR count). The Labute approximate surface area is 207 Å². The number of carbonyl (C=O) groups is 1. The van der Waals surface area contributed by atoms with Crippen molar-refractivity contribution >= 4 is 5.91 Å². The maximum absolute atomic E-state index is 13.4. The minimum atomic E-state index is -0.280. The molecule has 0 saturated carbocycles. The summed E-state index contributed by atoms with van der Waals surface area (Å²) >= 11 is 0. The number of hydrogen-bond acceptors (Lipinski definition) is 3. The number of carbonyl (C=O) groups excluding carboxylic acids is 1. The number of unbranched alkanes of at least 4 members (excludes halogenated alkanes) is 1. The maximum Gasteiger partial charge on any atom is 0.237 e. The van der Waals surface area contributed by atoms with Gasteiger partial charge in [0, 0.05) is 6.04 Å².